The number of hydrogen-bond donors (Lipinski definition) is 1. The maximum atomic E-state index is 11.4. The minimum absolute atomic E-state index is 0.129. The van der Waals surface area contributed by atoms with Gasteiger partial charge in [0.25, 0.3) is 0 Å². The van der Waals surface area contributed by atoms with Gasteiger partial charge >= 0.3 is 5.97 Å². The molecule has 5 nitrogen and oxygen atoms in total. The Balaban J connectivity index is 2.52. The van der Waals surface area contributed by atoms with Gasteiger partial charge < -0.3 is 14.4 Å². The number of aryl methyl sites for hydroxylation is 1. The number of carboxylic acid groups (broad SMARTS) is 1. The van der Waals surface area contributed by atoms with Crippen molar-refractivity contribution in [2.24, 2.45) is 0 Å². The van der Waals surface area contributed by atoms with Crippen molar-refractivity contribution in [2.75, 3.05) is 7.11 Å². The lowest BCUT2D eigenvalue weighted by Crippen LogP contribution is -2.01. The van der Waals surface area contributed by atoms with Gasteiger partial charge in [-0.3, -0.25) is 0 Å². The fourth-order valence-corrected chi connectivity index (χ4v) is 2.49. The second kappa shape index (κ2) is 6.09. The van der Waals surface area contributed by atoms with Gasteiger partial charge in [0.2, 0.25) is 0 Å². The van der Waals surface area contributed by atoms with E-state index in [0.717, 1.165) is 10.9 Å². The second-order valence-electron chi connectivity index (χ2n) is 4.23. The molecule has 2 aromatic rings. The van der Waals surface area contributed by atoms with Gasteiger partial charge in [-0.2, -0.15) is 0 Å². The lowest BCUT2D eigenvalue weighted by atomic mass is 10.0. The molecular weight excluding hydrogens is 326 g/mol. The maximum Gasteiger partial charge on any atom is 0.341 e. The SMILES string of the molecule is CCCc1onc(-c2ccc(OC)c(Br)c2)c1C(=O)O. The first-order valence-corrected chi connectivity index (χ1v) is 6.93. The number of aromatic nitrogens is 1. The summed E-state index contributed by atoms with van der Waals surface area (Å²) in [6.45, 7) is 1.96. The van der Waals surface area contributed by atoms with Gasteiger partial charge in [-0.25, -0.2) is 4.79 Å². The summed E-state index contributed by atoms with van der Waals surface area (Å²) >= 11 is 3.37. The molecule has 1 heterocycles. The predicted octanol–water partition coefficient (Wildman–Crippen LogP) is 3.76. The van der Waals surface area contributed by atoms with Crippen LogP contribution in [0.5, 0.6) is 5.75 Å². The van der Waals surface area contributed by atoms with Crippen LogP contribution in [0.2, 0.25) is 0 Å². The first kappa shape index (κ1) is 14.6. The van der Waals surface area contributed by atoms with Gasteiger partial charge in [-0.05, 0) is 40.5 Å². The van der Waals surface area contributed by atoms with Crippen LogP contribution in [0, 0.1) is 0 Å². The van der Waals surface area contributed by atoms with Crippen LogP contribution in [-0.2, 0) is 6.42 Å². The van der Waals surface area contributed by atoms with Crippen LogP contribution in [0.4, 0.5) is 0 Å². The third-order valence-corrected chi connectivity index (χ3v) is 3.50. The van der Waals surface area contributed by atoms with E-state index in [1.807, 2.05) is 6.92 Å². The predicted molar refractivity (Wildman–Crippen MR) is 77.1 cm³/mol. The van der Waals surface area contributed by atoms with Crippen LogP contribution in [0.3, 0.4) is 0 Å². The quantitative estimate of drug-likeness (QED) is 0.897. The summed E-state index contributed by atoms with van der Waals surface area (Å²) in [6.07, 6.45) is 1.34. The summed E-state index contributed by atoms with van der Waals surface area (Å²) in [5.74, 6) is 0.0430. The maximum absolute atomic E-state index is 11.4. The minimum Gasteiger partial charge on any atom is -0.496 e. The van der Waals surface area contributed by atoms with E-state index in [1.165, 1.54) is 0 Å². The Bertz CT molecular complexity index is 636. The number of carboxylic acids is 1. The summed E-state index contributed by atoms with van der Waals surface area (Å²) in [4.78, 5) is 11.4. The van der Waals surface area contributed by atoms with E-state index < -0.39 is 5.97 Å². The lowest BCUT2D eigenvalue weighted by molar-refractivity contribution is 0.0695. The highest BCUT2D eigenvalue weighted by Crippen LogP contribution is 2.32. The molecule has 0 fully saturated rings. The number of rotatable bonds is 5. The van der Waals surface area contributed by atoms with E-state index in [0.29, 0.717) is 29.2 Å². The molecule has 1 aromatic heterocycles. The highest BCUT2D eigenvalue weighted by Gasteiger charge is 2.23. The molecule has 0 spiro atoms. The molecule has 0 aliphatic heterocycles. The Morgan fingerprint density at radius 3 is 2.80 bits per heavy atom. The summed E-state index contributed by atoms with van der Waals surface area (Å²) in [7, 11) is 1.57. The lowest BCUT2D eigenvalue weighted by Gasteiger charge is -2.05. The van der Waals surface area contributed by atoms with Gasteiger partial charge in [-0.1, -0.05) is 12.1 Å². The van der Waals surface area contributed by atoms with Crippen LogP contribution in [0.25, 0.3) is 11.3 Å². The summed E-state index contributed by atoms with van der Waals surface area (Å²) in [5.41, 5.74) is 1.13. The largest absolute Gasteiger partial charge is 0.496 e. The average Bonchev–Trinajstić information content (AvgIpc) is 2.83. The topological polar surface area (TPSA) is 72.6 Å². The zero-order valence-electron chi connectivity index (χ0n) is 11.1. The number of ether oxygens (including phenoxy) is 1. The molecule has 1 N–H and O–H groups in total. The van der Waals surface area contributed by atoms with Crippen molar-refractivity contribution in [3.05, 3.63) is 34.0 Å². The van der Waals surface area contributed by atoms with Crippen molar-refractivity contribution in [2.45, 2.75) is 19.8 Å². The van der Waals surface area contributed by atoms with E-state index in [2.05, 4.69) is 21.1 Å². The van der Waals surface area contributed by atoms with Crippen LogP contribution >= 0.6 is 15.9 Å². The molecule has 0 bridgehead atoms. The van der Waals surface area contributed by atoms with Gasteiger partial charge in [0.05, 0.1) is 11.6 Å². The summed E-state index contributed by atoms with van der Waals surface area (Å²) < 4.78 is 11.1. The molecular formula is C14H14BrNO4. The number of nitrogens with zero attached hydrogens (tertiary/aromatic N) is 1. The first-order chi connectivity index (χ1) is 9.58. The number of hydrogen-bond acceptors (Lipinski definition) is 4. The van der Waals surface area contributed by atoms with Crippen LogP contribution < -0.4 is 4.74 Å². The number of halogens is 1. The van der Waals surface area contributed by atoms with Crippen LogP contribution in [-0.4, -0.2) is 23.3 Å². The van der Waals surface area contributed by atoms with Crippen molar-refractivity contribution in [3.8, 4) is 17.0 Å². The number of methoxy groups -OCH3 is 1. The Kier molecular flexibility index (Phi) is 4.44. The third-order valence-electron chi connectivity index (χ3n) is 2.88. The van der Waals surface area contributed by atoms with Gasteiger partial charge in [-0.15, -0.1) is 0 Å². The number of benzene rings is 1. The molecule has 0 saturated carbocycles. The molecule has 0 amide bonds. The molecule has 0 aliphatic rings. The fraction of sp³-hybridized carbons (Fsp3) is 0.286. The normalized spacial score (nSPS) is 10.6. The van der Waals surface area contributed by atoms with E-state index >= 15 is 0 Å². The zero-order valence-corrected chi connectivity index (χ0v) is 12.7. The minimum atomic E-state index is -1.03. The molecule has 0 atom stereocenters. The number of aromatic carboxylic acids is 1. The Morgan fingerprint density at radius 2 is 2.25 bits per heavy atom. The van der Waals surface area contributed by atoms with E-state index in [9.17, 15) is 9.90 Å². The zero-order chi connectivity index (χ0) is 14.7. The molecule has 106 valence electrons. The smallest absolute Gasteiger partial charge is 0.341 e. The molecule has 1 aromatic carbocycles. The van der Waals surface area contributed by atoms with Crippen molar-refractivity contribution in [3.63, 3.8) is 0 Å². The highest BCUT2D eigenvalue weighted by molar-refractivity contribution is 9.10. The van der Waals surface area contributed by atoms with Crippen molar-refractivity contribution >= 4 is 21.9 Å². The Hall–Kier alpha value is -1.82. The first-order valence-electron chi connectivity index (χ1n) is 6.14. The van der Waals surface area contributed by atoms with Crippen LogP contribution in [0.15, 0.2) is 27.2 Å². The number of carbonyl (C=O) groups is 1. The molecule has 2 rings (SSSR count). The van der Waals surface area contributed by atoms with Crippen molar-refractivity contribution < 1.29 is 19.2 Å². The third kappa shape index (κ3) is 2.70. The van der Waals surface area contributed by atoms with E-state index in [1.54, 1.807) is 25.3 Å². The summed E-state index contributed by atoms with van der Waals surface area (Å²) in [5, 5.41) is 13.3. The second-order valence-corrected chi connectivity index (χ2v) is 5.09. The average molecular weight is 340 g/mol. The summed E-state index contributed by atoms with van der Waals surface area (Å²) in [6, 6.07) is 5.27. The Labute approximate surface area is 124 Å². The van der Waals surface area contributed by atoms with Crippen molar-refractivity contribution in [1.29, 1.82) is 0 Å². The van der Waals surface area contributed by atoms with Gasteiger partial charge in [0.15, 0.2) is 5.76 Å². The fourth-order valence-electron chi connectivity index (χ4n) is 1.95. The standard InChI is InChI=1S/C14H14BrNO4/c1-3-4-11-12(14(17)18)13(16-20-11)8-5-6-10(19-2)9(15)7-8/h5-7H,3-4H2,1-2H3,(H,17,18). The molecule has 0 unspecified atom stereocenters. The van der Waals surface area contributed by atoms with Crippen molar-refractivity contribution in [1.82, 2.24) is 5.16 Å². The van der Waals surface area contributed by atoms with Gasteiger partial charge in [0, 0.05) is 12.0 Å². The molecule has 0 radical (unpaired) electrons. The molecule has 0 aliphatic carbocycles. The monoisotopic (exact) mass is 339 g/mol. The van der Waals surface area contributed by atoms with E-state index in [-0.39, 0.29) is 5.56 Å². The molecule has 20 heavy (non-hydrogen) atoms. The van der Waals surface area contributed by atoms with Crippen LogP contribution in [0.1, 0.15) is 29.5 Å². The van der Waals surface area contributed by atoms with E-state index in [4.69, 9.17) is 9.26 Å². The molecule has 0 saturated heterocycles. The molecule has 6 heteroatoms. The highest BCUT2D eigenvalue weighted by atomic mass is 79.9. The Morgan fingerprint density at radius 1 is 1.50 bits per heavy atom. The van der Waals surface area contributed by atoms with Gasteiger partial charge in [0.1, 0.15) is 17.0 Å².